The molecule has 92 valence electrons. The molecule has 0 aliphatic carbocycles. The molecule has 0 spiro atoms. The van der Waals surface area contributed by atoms with Crippen molar-refractivity contribution in [3.05, 3.63) is 0 Å². The summed E-state index contributed by atoms with van der Waals surface area (Å²) in [5.41, 5.74) is 4.33. The van der Waals surface area contributed by atoms with E-state index in [1.807, 2.05) is 0 Å². The number of hydrogen-bond donors (Lipinski definition) is 2. The van der Waals surface area contributed by atoms with E-state index >= 15 is 0 Å². The molecule has 0 aliphatic heterocycles. The van der Waals surface area contributed by atoms with E-state index in [0.717, 1.165) is 0 Å². The summed E-state index contributed by atoms with van der Waals surface area (Å²) in [7, 11) is 1.60. The fraction of sp³-hybridized carbons (Fsp3) is 0.667. The average Bonchev–Trinajstić information content (AvgIpc) is 2.14. The number of nitrogens with zero attached hydrogens (tertiary/aromatic N) is 1. The first-order valence-corrected chi connectivity index (χ1v) is 4.85. The number of carbonyl (C=O) groups excluding carboxylic acids is 3. The molecule has 0 aliphatic rings. The lowest BCUT2D eigenvalue weighted by Gasteiger charge is -2.14. The SMILES string of the molecule is CCOC(=O)CN(C)CC(=O)NNC(C)=O. The van der Waals surface area contributed by atoms with Crippen LogP contribution < -0.4 is 10.9 Å². The van der Waals surface area contributed by atoms with Crippen molar-refractivity contribution in [1.82, 2.24) is 15.8 Å². The number of hydrazine groups is 1. The van der Waals surface area contributed by atoms with Gasteiger partial charge in [0.2, 0.25) is 5.91 Å². The monoisotopic (exact) mass is 231 g/mol. The molecule has 0 rings (SSSR count). The standard InChI is InChI=1S/C9H17N3O4/c1-4-16-9(15)6-12(3)5-8(14)11-10-7(2)13/h4-6H2,1-3H3,(H,10,13)(H,11,14). The van der Waals surface area contributed by atoms with Crippen LogP contribution in [0.3, 0.4) is 0 Å². The zero-order chi connectivity index (χ0) is 12.6. The molecule has 0 radical (unpaired) electrons. The van der Waals surface area contributed by atoms with Crippen LogP contribution in [-0.4, -0.2) is 49.4 Å². The zero-order valence-corrected chi connectivity index (χ0v) is 9.70. The number of hydrogen-bond acceptors (Lipinski definition) is 5. The van der Waals surface area contributed by atoms with Gasteiger partial charge in [0.15, 0.2) is 0 Å². The maximum absolute atomic E-state index is 11.2. The lowest BCUT2D eigenvalue weighted by molar-refractivity contribution is -0.144. The third kappa shape index (κ3) is 7.74. The molecule has 7 heteroatoms. The predicted molar refractivity (Wildman–Crippen MR) is 56.1 cm³/mol. The van der Waals surface area contributed by atoms with Crippen molar-refractivity contribution in [1.29, 1.82) is 0 Å². The summed E-state index contributed by atoms with van der Waals surface area (Å²) in [5, 5.41) is 0. The molecule has 7 nitrogen and oxygen atoms in total. The lowest BCUT2D eigenvalue weighted by Crippen LogP contribution is -2.45. The smallest absolute Gasteiger partial charge is 0.320 e. The van der Waals surface area contributed by atoms with Crippen LogP contribution in [0.2, 0.25) is 0 Å². The Kier molecular flexibility index (Phi) is 6.86. The van der Waals surface area contributed by atoms with Crippen LogP contribution in [0.25, 0.3) is 0 Å². The molecule has 0 aromatic rings. The second-order valence-corrected chi connectivity index (χ2v) is 3.21. The zero-order valence-electron chi connectivity index (χ0n) is 9.70. The van der Waals surface area contributed by atoms with Crippen molar-refractivity contribution >= 4 is 17.8 Å². The van der Waals surface area contributed by atoms with Gasteiger partial charge in [-0.15, -0.1) is 0 Å². The van der Waals surface area contributed by atoms with E-state index in [9.17, 15) is 14.4 Å². The Morgan fingerprint density at radius 2 is 1.81 bits per heavy atom. The van der Waals surface area contributed by atoms with E-state index in [-0.39, 0.29) is 19.0 Å². The fourth-order valence-corrected chi connectivity index (χ4v) is 0.925. The summed E-state index contributed by atoms with van der Waals surface area (Å²) in [4.78, 5) is 34.2. The Morgan fingerprint density at radius 1 is 1.19 bits per heavy atom. The molecule has 2 amide bonds. The van der Waals surface area contributed by atoms with Crippen molar-refractivity contribution in [3.8, 4) is 0 Å². The molecule has 0 bridgehead atoms. The Labute approximate surface area is 94.1 Å². The molecule has 0 heterocycles. The third-order valence-corrected chi connectivity index (χ3v) is 1.50. The van der Waals surface area contributed by atoms with E-state index < -0.39 is 11.9 Å². The van der Waals surface area contributed by atoms with Gasteiger partial charge in [0.05, 0.1) is 19.7 Å². The van der Waals surface area contributed by atoms with Gasteiger partial charge < -0.3 is 4.74 Å². The van der Waals surface area contributed by atoms with Gasteiger partial charge in [-0.2, -0.15) is 0 Å². The molecule has 0 aromatic carbocycles. The Bertz CT molecular complexity index is 267. The highest BCUT2D eigenvalue weighted by molar-refractivity contribution is 5.82. The van der Waals surface area contributed by atoms with Crippen LogP contribution >= 0.6 is 0 Å². The Morgan fingerprint density at radius 3 is 2.31 bits per heavy atom. The molecule has 0 atom stereocenters. The van der Waals surface area contributed by atoms with E-state index in [2.05, 4.69) is 10.9 Å². The molecule has 2 N–H and O–H groups in total. The van der Waals surface area contributed by atoms with E-state index in [0.29, 0.717) is 6.61 Å². The third-order valence-electron chi connectivity index (χ3n) is 1.50. The second-order valence-electron chi connectivity index (χ2n) is 3.21. The number of rotatable bonds is 5. The largest absolute Gasteiger partial charge is 0.465 e. The van der Waals surface area contributed by atoms with E-state index in [1.165, 1.54) is 11.8 Å². The molecular weight excluding hydrogens is 214 g/mol. The molecule has 16 heavy (non-hydrogen) atoms. The maximum Gasteiger partial charge on any atom is 0.320 e. The first kappa shape index (κ1) is 14.4. The summed E-state index contributed by atoms with van der Waals surface area (Å²) >= 11 is 0. The fourth-order valence-electron chi connectivity index (χ4n) is 0.925. The number of ether oxygens (including phenoxy) is 1. The predicted octanol–water partition coefficient (Wildman–Crippen LogP) is -1.35. The van der Waals surface area contributed by atoms with Crippen molar-refractivity contribution < 1.29 is 19.1 Å². The van der Waals surface area contributed by atoms with E-state index in [1.54, 1.807) is 14.0 Å². The molecular formula is C9H17N3O4. The minimum absolute atomic E-state index is 0.000899. The van der Waals surface area contributed by atoms with Gasteiger partial charge in [0, 0.05) is 6.92 Å². The number of carbonyl (C=O) groups is 3. The van der Waals surface area contributed by atoms with Crippen molar-refractivity contribution in [2.75, 3.05) is 26.7 Å². The van der Waals surface area contributed by atoms with Gasteiger partial charge in [0.25, 0.3) is 5.91 Å². The van der Waals surface area contributed by atoms with Gasteiger partial charge in [0.1, 0.15) is 0 Å². The average molecular weight is 231 g/mol. The van der Waals surface area contributed by atoms with Gasteiger partial charge in [-0.25, -0.2) is 0 Å². The molecule has 0 unspecified atom stereocenters. The first-order valence-electron chi connectivity index (χ1n) is 4.85. The Hall–Kier alpha value is -1.63. The summed E-state index contributed by atoms with van der Waals surface area (Å²) in [5.74, 6) is -1.15. The van der Waals surface area contributed by atoms with Gasteiger partial charge in [-0.1, -0.05) is 0 Å². The van der Waals surface area contributed by atoms with Gasteiger partial charge in [-0.05, 0) is 14.0 Å². The second kappa shape index (κ2) is 7.63. The first-order chi connectivity index (χ1) is 7.45. The molecule has 0 aromatic heterocycles. The molecule has 0 saturated heterocycles. The van der Waals surface area contributed by atoms with Crippen LogP contribution in [0.1, 0.15) is 13.8 Å². The lowest BCUT2D eigenvalue weighted by atomic mass is 10.5. The maximum atomic E-state index is 11.2. The molecule has 0 saturated carbocycles. The van der Waals surface area contributed by atoms with Crippen molar-refractivity contribution in [2.24, 2.45) is 0 Å². The van der Waals surface area contributed by atoms with Crippen LogP contribution in [0.4, 0.5) is 0 Å². The number of nitrogens with one attached hydrogen (secondary N) is 2. The van der Waals surface area contributed by atoms with Gasteiger partial charge >= 0.3 is 5.97 Å². The van der Waals surface area contributed by atoms with E-state index in [4.69, 9.17) is 4.74 Å². The van der Waals surface area contributed by atoms with Gasteiger partial charge in [-0.3, -0.25) is 30.1 Å². The summed E-state index contributed by atoms with van der Waals surface area (Å²) in [6, 6.07) is 0. The quantitative estimate of drug-likeness (QED) is 0.451. The normalized spacial score (nSPS) is 9.75. The topological polar surface area (TPSA) is 87.7 Å². The summed E-state index contributed by atoms with van der Waals surface area (Å²) in [6.07, 6.45) is 0. The van der Waals surface area contributed by atoms with Crippen molar-refractivity contribution in [2.45, 2.75) is 13.8 Å². The van der Waals surface area contributed by atoms with Crippen LogP contribution in [-0.2, 0) is 19.1 Å². The van der Waals surface area contributed by atoms with Crippen LogP contribution in [0.5, 0.6) is 0 Å². The molecule has 0 fully saturated rings. The number of amides is 2. The van der Waals surface area contributed by atoms with Crippen molar-refractivity contribution in [3.63, 3.8) is 0 Å². The minimum atomic E-state index is -0.401. The highest BCUT2D eigenvalue weighted by Crippen LogP contribution is 1.85. The van der Waals surface area contributed by atoms with Crippen LogP contribution in [0, 0.1) is 0 Å². The highest BCUT2D eigenvalue weighted by atomic mass is 16.5. The summed E-state index contributed by atoms with van der Waals surface area (Å²) < 4.78 is 4.71. The van der Waals surface area contributed by atoms with Crippen LogP contribution in [0.15, 0.2) is 0 Å². The summed E-state index contributed by atoms with van der Waals surface area (Å²) in [6.45, 7) is 3.33. The number of likely N-dealkylation sites (N-methyl/N-ethyl adjacent to an activating group) is 1. The minimum Gasteiger partial charge on any atom is -0.465 e. The highest BCUT2D eigenvalue weighted by Gasteiger charge is 2.10. The Balaban J connectivity index is 3.77. The number of esters is 1.